The lowest BCUT2D eigenvalue weighted by Crippen LogP contribution is -1.98. The Bertz CT molecular complexity index is 645. The van der Waals surface area contributed by atoms with Crippen molar-refractivity contribution in [2.75, 3.05) is 7.11 Å². The monoisotopic (exact) mass is 460 g/mol. The van der Waals surface area contributed by atoms with E-state index in [9.17, 15) is 0 Å². The molecule has 0 aliphatic rings. The van der Waals surface area contributed by atoms with Gasteiger partial charge in [-0.25, -0.2) is 0 Å². The van der Waals surface area contributed by atoms with Crippen LogP contribution in [0.15, 0.2) is 30.3 Å². The number of methoxy groups -OCH3 is 1. The van der Waals surface area contributed by atoms with Crippen LogP contribution in [0.4, 0.5) is 0 Å². The van der Waals surface area contributed by atoms with Crippen molar-refractivity contribution in [3.63, 3.8) is 0 Å². The highest BCUT2D eigenvalue weighted by Crippen LogP contribution is 2.40. The van der Waals surface area contributed by atoms with Crippen LogP contribution in [0.25, 0.3) is 0 Å². The molecule has 6 heteroatoms. The lowest BCUT2D eigenvalue weighted by Gasteiger charge is -2.16. The van der Waals surface area contributed by atoms with Crippen molar-refractivity contribution >= 4 is 69.0 Å². The molecule has 1 atom stereocenters. The molecule has 0 aliphatic heterocycles. The maximum Gasteiger partial charge on any atom is 0.138 e. The molecule has 1 unspecified atom stereocenters. The maximum absolute atomic E-state index is 6.53. The van der Waals surface area contributed by atoms with Crippen molar-refractivity contribution < 1.29 is 4.74 Å². The third kappa shape index (κ3) is 3.47. The van der Waals surface area contributed by atoms with Crippen LogP contribution in [0, 0.1) is 3.57 Å². The van der Waals surface area contributed by atoms with Gasteiger partial charge in [-0.2, -0.15) is 0 Å². The van der Waals surface area contributed by atoms with Crippen LogP contribution in [0.2, 0.25) is 15.1 Å². The molecule has 0 saturated heterocycles. The van der Waals surface area contributed by atoms with Crippen molar-refractivity contribution in [1.29, 1.82) is 0 Å². The summed E-state index contributed by atoms with van der Waals surface area (Å²) in [6.45, 7) is 0. The fraction of sp³-hybridized carbons (Fsp3) is 0.143. The van der Waals surface area contributed by atoms with Gasteiger partial charge in [0.05, 0.1) is 17.5 Å². The zero-order valence-electron chi connectivity index (χ0n) is 10.3. The summed E-state index contributed by atoms with van der Waals surface area (Å²) in [5.41, 5.74) is 1.61. The summed E-state index contributed by atoms with van der Waals surface area (Å²) in [7, 11) is 1.54. The molecule has 20 heavy (non-hydrogen) atoms. The molecule has 2 aromatic rings. The van der Waals surface area contributed by atoms with Crippen LogP contribution >= 0.6 is 69.0 Å². The van der Waals surface area contributed by atoms with Crippen molar-refractivity contribution in [3.8, 4) is 5.75 Å². The lowest BCUT2D eigenvalue weighted by molar-refractivity contribution is 0.415. The Balaban J connectivity index is 2.50. The molecule has 0 aliphatic carbocycles. The first-order chi connectivity index (χ1) is 9.43. The average molecular weight is 462 g/mol. The normalized spacial score (nSPS) is 12.3. The number of alkyl halides is 1. The Labute approximate surface area is 151 Å². The highest BCUT2D eigenvalue weighted by molar-refractivity contribution is 14.1. The van der Waals surface area contributed by atoms with Gasteiger partial charge in [-0.3, -0.25) is 0 Å². The Morgan fingerprint density at radius 1 is 1.00 bits per heavy atom. The van der Waals surface area contributed by atoms with Crippen molar-refractivity contribution in [1.82, 2.24) is 0 Å². The molecule has 0 amide bonds. The van der Waals surface area contributed by atoms with E-state index in [1.807, 2.05) is 18.2 Å². The second-order valence-electron chi connectivity index (χ2n) is 4.04. The van der Waals surface area contributed by atoms with Crippen LogP contribution in [0.3, 0.4) is 0 Å². The summed E-state index contributed by atoms with van der Waals surface area (Å²) in [5.74, 6) is 0.519. The van der Waals surface area contributed by atoms with E-state index in [4.69, 9.17) is 51.1 Å². The van der Waals surface area contributed by atoms with Gasteiger partial charge in [-0.05, 0) is 58.0 Å². The summed E-state index contributed by atoms with van der Waals surface area (Å²) in [6.07, 6.45) is 0. The highest BCUT2D eigenvalue weighted by Gasteiger charge is 2.19. The molecule has 0 aromatic heterocycles. The number of hydrogen-bond donors (Lipinski definition) is 0. The SMILES string of the molecule is COc1cc(Cl)c(C(Cl)c2cc(Cl)ccc2I)cc1Cl. The molecule has 2 rings (SSSR count). The zero-order chi connectivity index (χ0) is 14.9. The largest absolute Gasteiger partial charge is 0.495 e. The summed E-state index contributed by atoms with van der Waals surface area (Å²) >= 11 is 27.2. The van der Waals surface area contributed by atoms with Gasteiger partial charge >= 0.3 is 0 Å². The molecule has 0 heterocycles. The highest BCUT2D eigenvalue weighted by atomic mass is 127. The van der Waals surface area contributed by atoms with E-state index in [-0.39, 0.29) is 0 Å². The molecule has 0 spiro atoms. The number of rotatable bonds is 3. The van der Waals surface area contributed by atoms with E-state index in [1.165, 1.54) is 7.11 Å². The molecule has 1 nitrogen and oxygen atoms in total. The fourth-order valence-corrected chi connectivity index (χ4v) is 3.71. The maximum atomic E-state index is 6.53. The molecule has 0 N–H and O–H groups in total. The van der Waals surface area contributed by atoms with E-state index in [1.54, 1.807) is 12.1 Å². The van der Waals surface area contributed by atoms with Gasteiger partial charge in [0.15, 0.2) is 0 Å². The minimum Gasteiger partial charge on any atom is -0.495 e. The third-order valence-corrected chi connectivity index (χ3v) is 5.09. The second-order valence-corrected chi connectivity index (χ2v) is 6.89. The number of halogens is 5. The predicted octanol–water partition coefficient (Wildman–Crippen LogP) is 6.59. The van der Waals surface area contributed by atoms with Gasteiger partial charge in [0.2, 0.25) is 0 Å². The molecule has 106 valence electrons. The van der Waals surface area contributed by atoms with E-state index < -0.39 is 5.38 Å². The van der Waals surface area contributed by atoms with Crippen molar-refractivity contribution in [3.05, 3.63) is 60.1 Å². The molecule has 2 aromatic carbocycles. The van der Waals surface area contributed by atoms with E-state index >= 15 is 0 Å². The van der Waals surface area contributed by atoms with E-state index in [2.05, 4.69) is 22.6 Å². The van der Waals surface area contributed by atoms with Gasteiger partial charge < -0.3 is 4.74 Å². The minimum atomic E-state index is -0.434. The van der Waals surface area contributed by atoms with Gasteiger partial charge in [0.25, 0.3) is 0 Å². The van der Waals surface area contributed by atoms with Crippen LogP contribution in [-0.4, -0.2) is 7.11 Å². The Kier molecular flexibility index (Phi) is 5.71. The van der Waals surface area contributed by atoms with Crippen molar-refractivity contribution in [2.45, 2.75) is 5.38 Å². The smallest absolute Gasteiger partial charge is 0.138 e. The first-order valence-corrected chi connectivity index (χ1v) is 8.21. The minimum absolute atomic E-state index is 0.434. The molecular weight excluding hydrogens is 453 g/mol. The van der Waals surface area contributed by atoms with E-state index in [0.717, 1.165) is 14.7 Å². The number of benzene rings is 2. The summed E-state index contributed by atoms with van der Waals surface area (Å²) in [6, 6.07) is 8.94. The van der Waals surface area contributed by atoms with Crippen LogP contribution < -0.4 is 4.74 Å². The Morgan fingerprint density at radius 3 is 2.35 bits per heavy atom. The van der Waals surface area contributed by atoms with Gasteiger partial charge in [0, 0.05) is 19.7 Å². The first-order valence-electron chi connectivity index (χ1n) is 5.56. The van der Waals surface area contributed by atoms with Gasteiger partial charge in [0.1, 0.15) is 5.75 Å². The summed E-state index contributed by atoms with van der Waals surface area (Å²) in [5, 5.41) is 1.16. The van der Waals surface area contributed by atoms with Crippen LogP contribution in [0.1, 0.15) is 16.5 Å². The second kappa shape index (κ2) is 6.93. The Morgan fingerprint density at radius 2 is 1.70 bits per heavy atom. The molecular formula is C14H9Cl4IO. The van der Waals surface area contributed by atoms with E-state index in [0.29, 0.717) is 20.8 Å². The predicted molar refractivity (Wildman–Crippen MR) is 94.9 cm³/mol. The summed E-state index contributed by atoms with van der Waals surface area (Å²) < 4.78 is 6.14. The lowest BCUT2D eigenvalue weighted by atomic mass is 10.0. The molecule has 0 bridgehead atoms. The quantitative estimate of drug-likeness (QED) is 0.370. The van der Waals surface area contributed by atoms with Gasteiger partial charge in [-0.1, -0.05) is 34.8 Å². The average Bonchev–Trinajstić information content (AvgIpc) is 2.42. The number of ether oxygens (including phenoxy) is 1. The fourth-order valence-electron chi connectivity index (χ4n) is 1.77. The van der Waals surface area contributed by atoms with Crippen LogP contribution in [0.5, 0.6) is 5.75 Å². The van der Waals surface area contributed by atoms with Crippen LogP contribution in [-0.2, 0) is 0 Å². The molecule has 0 radical (unpaired) electrons. The summed E-state index contributed by atoms with van der Waals surface area (Å²) in [4.78, 5) is 0. The first kappa shape index (κ1) is 16.5. The third-order valence-electron chi connectivity index (χ3n) is 2.78. The standard InChI is InChI=1S/C14H9Cl4IO/c1-20-13-6-10(16)8(5-11(13)17)14(18)9-4-7(15)2-3-12(9)19/h2-6,14H,1H3. The topological polar surface area (TPSA) is 9.23 Å². The molecule has 0 saturated carbocycles. The Hall–Kier alpha value is 0.130. The number of hydrogen-bond acceptors (Lipinski definition) is 1. The van der Waals surface area contributed by atoms with Gasteiger partial charge in [-0.15, -0.1) is 11.6 Å². The zero-order valence-corrected chi connectivity index (χ0v) is 15.4. The van der Waals surface area contributed by atoms with Crippen molar-refractivity contribution in [2.24, 2.45) is 0 Å². The molecule has 0 fully saturated rings.